The first-order valence-electron chi connectivity index (χ1n) is 7.07. The molecule has 0 aliphatic rings. The van der Waals surface area contributed by atoms with Gasteiger partial charge in [0.1, 0.15) is 5.75 Å². The maximum atomic E-state index is 14.1. The molecule has 0 fully saturated rings. The molecule has 118 valence electrons. The van der Waals surface area contributed by atoms with Gasteiger partial charge in [0.2, 0.25) is 0 Å². The van der Waals surface area contributed by atoms with Crippen molar-refractivity contribution < 1.29 is 9.13 Å². The molecule has 0 saturated heterocycles. The highest BCUT2D eigenvalue weighted by Crippen LogP contribution is 2.32. The van der Waals surface area contributed by atoms with Gasteiger partial charge in [-0.25, -0.2) is 9.37 Å². The van der Waals surface area contributed by atoms with Gasteiger partial charge in [-0.05, 0) is 43.7 Å². The lowest BCUT2D eigenvalue weighted by Crippen LogP contribution is -2.18. The van der Waals surface area contributed by atoms with Crippen LogP contribution in [0.2, 0.25) is 0 Å². The molecule has 0 unspecified atom stereocenters. The minimum absolute atomic E-state index is 0.0241. The van der Waals surface area contributed by atoms with Gasteiger partial charge in [-0.3, -0.25) is 4.79 Å². The van der Waals surface area contributed by atoms with E-state index in [1.54, 1.807) is 39.1 Å². The standard InChI is InChI=1S/C17H16FN3O2/c1-9-6-11(19)16(18)14(7-9)23-13-5-4-12-15(10(13)2)17(22)21(3)8-20-12/h4-8H,19H2,1-3H3. The molecular formula is C17H16FN3O2. The van der Waals surface area contributed by atoms with Gasteiger partial charge in [0.25, 0.3) is 5.56 Å². The summed E-state index contributed by atoms with van der Waals surface area (Å²) in [5.74, 6) is -0.189. The number of aryl methyl sites for hydroxylation is 3. The molecule has 1 aromatic heterocycles. The Labute approximate surface area is 132 Å². The molecule has 0 aliphatic heterocycles. The van der Waals surface area contributed by atoms with Gasteiger partial charge in [-0.15, -0.1) is 0 Å². The van der Waals surface area contributed by atoms with Crippen LogP contribution in [0.15, 0.2) is 35.4 Å². The number of hydrogen-bond acceptors (Lipinski definition) is 4. The van der Waals surface area contributed by atoms with Gasteiger partial charge in [-0.1, -0.05) is 0 Å². The van der Waals surface area contributed by atoms with Crippen molar-refractivity contribution in [2.24, 2.45) is 7.05 Å². The van der Waals surface area contributed by atoms with E-state index in [-0.39, 0.29) is 17.0 Å². The number of ether oxygens (including phenoxy) is 1. The molecule has 3 rings (SSSR count). The molecule has 1 heterocycles. The fourth-order valence-corrected chi connectivity index (χ4v) is 2.50. The lowest BCUT2D eigenvalue weighted by molar-refractivity contribution is 0.441. The quantitative estimate of drug-likeness (QED) is 0.738. The van der Waals surface area contributed by atoms with Crippen molar-refractivity contribution in [1.29, 1.82) is 0 Å². The van der Waals surface area contributed by atoms with Gasteiger partial charge in [0.15, 0.2) is 11.6 Å². The minimum atomic E-state index is -0.616. The maximum Gasteiger partial charge on any atom is 0.261 e. The molecule has 2 aromatic carbocycles. The first-order chi connectivity index (χ1) is 10.9. The van der Waals surface area contributed by atoms with Crippen molar-refractivity contribution in [3.8, 4) is 11.5 Å². The summed E-state index contributed by atoms with van der Waals surface area (Å²) in [6.07, 6.45) is 1.46. The summed E-state index contributed by atoms with van der Waals surface area (Å²) in [6, 6.07) is 6.45. The van der Waals surface area contributed by atoms with Crippen LogP contribution in [-0.2, 0) is 7.05 Å². The molecule has 0 spiro atoms. The Morgan fingerprint density at radius 3 is 2.70 bits per heavy atom. The second-order valence-corrected chi connectivity index (χ2v) is 5.51. The fraction of sp³-hybridized carbons (Fsp3) is 0.176. The summed E-state index contributed by atoms with van der Waals surface area (Å²) in [5, 5.41) is 0.452. The molecular weight excluding hydrogens is 297 g/mol. The summed E-state index contributed by atoms with van der Waals surface area (Å²) < 4.78 is 21.2. The molecule has 0 saturated carbocycles. The highest BCUT2D eigenvalue weighted by atomic mass is 19.1. The largest absolute Gasteiger partial charge is 0.454 e. The molecule has 2 N–H and O–H groups in total. The van der Waals surface area contributed by atoms with Crippen LogP contribution in [0.25, 0.3) is 10.9 Å². The van der Waals surface area contributed by atoms with Crippen LogP contribution < -0.4 is 16.0 Å². The Hall–Kier alpha value is -2.89. The number of hydrogen-bond donors (Lipinski definition) is 1. The number of halogens is 1. The van der Waals surface area contributed by atoms with Gasteiger partial charge in [0, 0.05) is 12.6 Å². The summed E-state index contributed by atoms with van der Waals surface area (Å²) in [6.45, 7) is 3.55. The Kier molecular flexibility index (Phi) is 3.52. The van der Waals surface area contributed by atoms with E-state index in [0.717, 1.165) is 5.56 Å². The summed E-state index contributed by atoms with van der Waals surface area (Å²) >= 11 is 0. The van der Waals surface area contributed by atoms with E-state index in [4.69, 9.17) is 10.5 Å². The normalized spacial score (nSPS) is 11.0. The van der Waals surface area contributed by atoms with E-state index in [9.17, 15) is 9.18 Å². The van der Waals surface area contributed by atoms with E-state index in [1.807, 2.05) is 0 Å². The number of nitrogens with two attached hydrogens (primary N) is 1. The average Bonchev–Trinajstić information content (AvgIpc) is 2.50. The van der Waals surface area contributed by atoms with Crippen LogP contribution in [0.1, 0.15) is 11.1 Å². The number of benzene rings is 2. The number of rotatable bonds is 2. The summed E-state index contributed by atoms with van der Waals surface area (Å²) in [5.41, 5.74) is 7.44. The van der Waals surface area contributed by atoms with Crippen molar-refractivity contribution >= 4 is 16.6 Å². The third-order valence-electron chi connectivity index (χ3n) is 3.73. The molecule has 0 radical (unpaired) electrons. The Morgan fingerprint density at radius 2 is 1.96 bits per heavy atom. The highest BCUT2D eigenvalue weighted by molar-refractivity contribution is 5.83. The molecule has 23 heavy (non-hydrogen) atoms. The third kappa shape index (κ3) is 2.52. The molecule has 0 bridgehead atoms. The molecule has 5 nitrogen and oxygen atoms in total. The number of nitrogen functional groups attached to an aromatic ring is 1. The number of nitrogens with zero attached hydrogens (tertiary/aromatic N) is 2. The van der Waals surface area contributed by atoms with Crippen LogP contribution in [0.4, 0.5) is 10.1 Å². The van der Waals surface area contributed by atoms with Crippen molar-refractivity contribution in [2.75, 3.05) is 5.73 Å². The van der Waals surface area contributed by atoms with Gasteiger partial charge in [0.05, 0.1) is 22.9 Å². The zero-order chi connectivity index (χ0) is 16.7. The first kappa shape index (κ1) is 15.0. The van der Waals surface area contributed by atoms with Crippen LogP contribution in [0.5, 0.6) is 11.5 Å². The summed E-state index contributed by atoms with van der Waals surface area (Å²) in [7, 11) is 1.63. The average molecular weight is 313 g/mol. The zero-order valence-corrected chi connectivity index (χ0v) is 13.1. The maximum absolute atomic E-state index is 14.1. The van der Waals surface area contributed by atoms with Crippen molar-refractivity contribution in [1.82, 2.24) is 9.55 Å². The summed E-state index contributed by atoms with van der Waals surface area (Å²) in [4.78, 5) is 16.5. The number of fused-ring (bicyclic) bond motifs is 1. The van der Waals surface area contributed by atoms with Crippen molar-refractivity contribution in [3.63, 3.8) is 0 Å². The van der Waals surface area contributed by atoms with E-state index in [2.05, 4.69) is 4.98 Å². The van der Waals surface area contributed by atoms with Gasteiger partial charge < -0.3 is 15.0 Å². The molecule has 0 amide bonds. The molecule has 6 heteroatoms. The van der Waals surface area contributed by atoms with E-state index in [0.29, 0.717) is 22.2 Å². The zero-order valence-electron chi connectivity index (χ0n) is 13.1. The molecule has 3 aromatic rings. The van der Waals surface area contributed by atoms with E-state index >= 15 is 0 Å². The number of aromatic nitrogens is 2. The van der Waals surface area contributed by atoms with Gasteiger partial charge >= 0.3 is 0 Å². The van der Waals surface area contributed by atoms with Gasteiger partial charge in [-0.2, -0.15) is 0 Å². The Morgan fingerprint density at radius 1 is 1.22 bits per heavy atom. The van der Waals surface area contributed by atoms with Crippen LogP contribution in [0, 0.1) is 19.7 Å². The second-order valence-electron chi connectivity index (χ2n) is 5.51. The Balaban J connectivity index is 2.17. The minimum Gasteiger partial charge on any atom is -0.454 e. The number of anilines is 1. The topological polar surface area (TPSA) is 70.1 Å². The smallest absolute Gasteiger partial charge is 0.261 e. The first-order valence-corrected chi connectivity index (χ1v) is 7.07. The van der Waals surface area contributed by atoms with Crippen LogP contribution in [0.3, 0.4) is 0 Å². The predicted octanol–water partition coefficient (Wildman–Crippen LogP) is 3.06. The van der Waals surface area contributed by atoms with Crippen molar-refractivity contribution in [3.05, 3.63) is 57.9 Å². The predicted molar refractivity (Wildman–Crippen MR) is 87.3 cm³/mol. The Bertz CT molecular complexity index is 980. The highest BCUT2D eigenvalue weighted by Gasteiger charge is 2.14. The monoisotopic (exact) mass is 313 g/mol. The SMILES string of the molecule is Cc1cc(N)c(F)c(Oc2ccc3ncn(C)c(=O)c3c2C)c1. The van der Waals surface area contributed by atoms with Crippen LogP contribution >= 0.6 is 0 Å². The van der Waals surface area contributed by atoms with Crippen molar-refractivity contribution in [2.45, 2.75) is 13.8 Å². The lowest BCUT2D eigenvalue weighted by atomic mass is 10.1. The molecule has 0 aliphatic carbocycles. The van der Waals surface area contributed by atoms with E-state index < -0.39 is 5.82 Å². The van der Waals surface area contributed by atoms with E-state index in [1.165, 1.54) is 17.0 Å². The third-order valence-corrected chi connectivity index (χ3v) is 3.73. The van der Waals surface area contributed by atoms with Crippen LogP contribution in [-0.4, -0.2) is 9.55 Å². The fourth-order valence-electron chi connectivity index (χ4n) is 2.50. The molecule has 0 atom stereocenters. The lowest BCUT2D eigenvalue weighted by Gasteiger charge is -2.13. The second kappa shape index (κ2) is 5.39.